The Kier molecular flexibility index (Phi) is 5.64. The van der Waals surface area contributed by atoms with Crippen LogP contribution < -0.4 is 5.32 Å². The highest BCUT2D eigenvalue weighted by atomic mass is 16.5. The van der Waals surface area contributed by atoms with Crippen LogP contribution in [0, 0.1) is 5.92 Å². The molecule has 0 aromatic carbocycles. The van der Waals surface area contributed by atoms with Gasteiger partial charge in [-0.15, -0.1) is 0 Å². The smallest absolute Gasteiger partial charge is 0.243 e. The monoisotopic (exact) mass is 383 g/mol. The molecule has 1 saturated carbocycles. The molecule has 1 aliphatic heterocycles. The van der Waals surface area contributed by atoms with Crippen LogP contribution in [0.2, 0.25) is 0 Å². The second-order valence-electron chi connectivity index (χ2n) is 7.53. The number of hydrogen-bond donors (Lipinski definition) is 1. The van der Waals surface area contributed by atoms with E-state index in [1.807, 2.05) is 0 Å². The fourth-order valence-electron chi connectivity index (χ4n) is 4.11. The third-order valence-corrected chi connectivity index (χ3v) is 5.67. The average molecular weight is 383 g/mol. The summed E-state index contributed by atoms with van der Waals surface area (Å²) < 4.78 is 5.34. The zero-order chi connectivity index (χ0) is 19.3. The lowest BCUT2D eigenvalue weighted by molar-refractivity contribution is -0.143. The van der Waals surface area contributed by atoms with Crippen molar-refractivity contribution in [3.8, 4) is 11.4 Å². The van der Waals surface area contributed by atoms with Gasteiger partial charge >= 0.3 is 0 Å². The van der Waals surface area contributed by atoms with E-state index in [9.17, 15) is 9.59 Å². The molecule has 2 fully saturated rings. The number of amides is 2. The van der Waals surface area contributed by atoms with Gasteiger partial charge in [0.05, 0.1) is 6.42 Å². The third-order valence-electron chi connectivity index (χ3n) is 5.67. The summed E-state index contributed by atoms with van der Waals surface area (Å²) in [7, 11) is 0. The molecule has 8 heteroatoms. The van der Waals surface area contributed by atoms with Crippen molar-refractivity contribution in [1.29, 1.82) is 0 Å². The SMILES string of the molecule is O=C1NCCN(C(=O)CCC2CCCC2)C1Cc1nc(-c2ccncc2)no1. The first-order chi connectivity index (χ1) is 13.7. The van der Waals surface area contributed by atoms with Crippen LogP contribution in [0.1, 0.15) is 44.4 Å². The Hall–Kier alpha value is -2.77. The van der Waals surface area contributed by atoms with E-state index in [0.29, 0.717) is 37.1 Å². The molecule has 148 valence electrons. The normalized spacial score (nSPS) is 20.4. The maximum atomic E-state index is 12.8. The quantitative estimate of drug-likeness (QED) is 0.818. The molecule has 28 heavy (non-hydrogen) atoms. The van der Waals surface area contributed by atoms with E-state index in [1.165, 1.54) is 25.7 Å². The molecule has 0 spiro atoms. The van der Waals surface area contributed by atoms with Gasteiger partial charge in [0, 0.05) is 37.5 Å². The minimum Gasteiger partial charge on any atom is -0.353 e. The van der Waals surface area contributed by atoms with E-state index in [-0.39, 0.29) is 18.2 Å². The van der Waals surface area contributed by atoms with Gasteiger partial charge in [0.2, 0.25) is 23.5 Å². The van der Waals surface area contributed by atoms with Gasteiger partial charge in [-0.2, -0.15) is 4.98 Å². The van der Waals surface area contributed by atoms with Crippen molar-refractivity contribution in [3.63, 3.8) is 0 Å². The van der Waals surface area contributed by atoms with Crippen LogP contribution in [0.5, 0.6) is 0 Å². The number of carbonyl (C=O) groups excluding carboxylic acids is 2. The van der Waals surface area contributed by atoms with Gasteiger partial charge in [-0.3, -0.25) is 14.6 Å². The molecular formula is C20H25N5O3. The first-order valence-electron chi connectivity index (χ1n) is 10.0. The lowest BCUT2D eigenvalue weighted by atomic mass is 10.0. The molecule has 1 atom stereocenters. The first-order valence-corrected chi connectivity index (χ1v) is 10.0. The van der Waals surface area contributed by atoms with Crippen molar-refractivity contribution >= 4 is 11.8 Å². The van der Waals surface area contributed by atoms with Gasteiger partial charge in [0.15, 0.2) is 0 Å². The highest BCUT2D eigenvalue weighted by molar-refractivity contribution is 5.89. The van der Waals surface area contributed by atoms with Crippen molar-refractivity contribution in [1.82, 2.24) is 25.3 Å². The lowest BCUT2D eigenvalue weighted by Crippen LogP contribution is -2.58. The highest BCUT2D eigenvalue weighted by Gasteiger charge is 2.34. The molecule has 1 N–H and O–H groups in total. The van der Waals surface area contributed by atoms with Crippen LogP contribution in [0.15, 0.2) is 29.0 Å². The second kappa shape index (κ2) is 8.50. The van der Waals surface area contributed by atoms with Crippen LogP contribution in [0.3, 0.4) is 0 Å². The summed E-state index contributed by atoms with van der Waals surface area (Å²) in [5.74, 6) is 1.33. The van der Waals surface area contributed by atoms with Crippen LogP contribution in [-0.2, 0) is 16.0 Å². The fraction of sp³-hybridized carbons (Fsp3) is 0.550. The molecular weight excluding hydrogens is 358 g/mol. The maximum absolute atomic E-state index is 12.8. The summed E-state index contributed by atoms with van der Waals surface area (Å²) in [5.41, 5.74) is 0.794. The van der Waals surface area contributed by atoms with E-state index >= 15 is 0 Å². The minimum atomic E-state index is -0.601. The predicted octanol–water partition coefficient (Wildman–Crippen LogP) is 1.97. The van der Waals surface area contributed by atoms with Gasteiger partial charge in [0.25, 0.3) is 0 Å². The van der Waals surface area contributed by atoms with Crippen LogP contribution in [-0.4, -0.2) is 51.0 Å². The molecule has 4 rings (SSSR count). The molecule has 3 heterocycles. The van der Waals surface area contributed by atoms with Crippen LogP contribution in [0.25, 0.3) is 11.4 Å². The molecule has 0 radical (unpaired) electrons. The minimum absolute atomic E-state index is 0.0422. The molecule has 2 amide bonds. The zero-order valence-electron chi connectivity index (χ0n) is 15.8. The number of aromatic nitrogens is 3. The van der Waals surface area contributed by atoms with Gasteiger partial charge in [0.1, 0.15) is 6.04 Å². The van der Waals surface area contributed by atoms with Crippen LogP contribution >= 0.6 is 0 Å². The fourth-order valence-corrected chi connectivity index (χ4v) is 4.11. The Bertz CT molecular complexity index is 816. The van der Waals surface area contributed by atoms with Crippen molar-refractivity contribution < 1.29 is 14.1 Å². The van der Waals surface area contributed by atoms with E-state index in [0.717, 1.165) is 12.0 Å². The summed E-state index contributed by atoms with van der Waals surface area (Å²) in [5, 5.41) is 6.83. The van der Waals surface area contributed by atoms with Crippen molar-refractivity contribution in [2.45, 2.75) is 51.0 Å². The van der Waals surface area contributed by atoms with E-state index < -0.39 is 6.04 Å². The Balaban J connectivity index is 1.42. The molecule has 2 aliphatic rings. The molecule has 1 saturated heterocycles. The van der Waals surface area contributed by atoms with E-state index in [4.69, 9.17) is 4.52 Å². The Labute approximate surface area is 163 Å². The van der Waals surface area contributed by atoms with Gasteiger partial charge in [-0.25, -0.2) is 0 Å². The predicted molar refractivity (Wildman–Crippen MR) is 101 cm³/mol. The molecule has 2 aromatic heterocycles. The summed E-state index contributed by atoms with van der Waals surface area (Å²) in [6.45, 7) is 1.00. The lowest BCUT2D eigenvalue weighted by Gasteiger charge is -2.34. The largest absolute Gasteiger partial charge is 0.353 e. The van der Waals surface area contributed by atoms with Gasteiger partial charge in [-0.1, -0.05) is 30.8 Å². The molecule has 1 unspecified atom stereocenters. The zero-order valence-corrected chi connectivity index (χ0v) is 15.8. The number of piperazine rings is 1. The average Bonchev–Trinajstić information content (AvgIpc) is 3.40. The summed E-state index contributed by atoms with van der Waals surface area (Å²) in [6.07, 6.45) is 9.93. The number of pyridine rings is 1. The number of carbonyl (C=O) groups is 2. The molecule has 8 nitrogen and oxygen atoms in total. The number of nitrogens with zero attached hydrogens (tertiary/aromatic N) is 4. The number of rotatable bonds is 6. The van der Waals surface area contributed by atoms with E-state index in [1.54, 1.807) is 29.4 Å². The Morgan fingerprint density at radius 1 is 1.25 bits per heavy atom. The second-order valence-corrected chi connectivity index (χ2v) is 7.53. The highest BCUT2D eigenvalue weighted by Crippen LogP contribution is 2.29. The Morgan fingerprint density at radius 3 is 2.82 bits per heavy atom. The third kappa shape index (κ3) is 4.21. The van der Waals surface area contributed by atoms with Crippen molar-refractivity contribution in [2.24, 2.45) is 5.92 Å². The Morgan fingerprint density at radius 2 is 2.04 bits per heavy atom. The van der Waals surface area contributed by atoms with Crippen molar-refractivity contribution in [3.05, 3.63) is 30.4 Å². The standard InChI is InChI=1S/C20H25N5O3/c26-18(6-5-14-3-1-2-4-14)25-12-11-22-20(27)16(25)13-17-23-19(24-28-17)15-7-9-21-10-8-15/h7-10,14,16H,1-6,11-13H2,(H,22,27). The molecule has 1 aliphatic carbocycles. The van der Waals surface area contributed by atoms with E-state index in [2.05, 4.69) is 20.4 Å². The maximum Gasteiger partial charge on any atom is 0.243 e. The van der Waals surface area contributed by atoms with Crippen LogP contribution in [0.4, 0.5) is 0 Å². The molecule has 0 bridgehead atoms. The van der Waals surface area contributed by atoms with Gasteiger partial charge < -0.3 is 14.7 Å². The summed E-state index contributed by atoms with van der Waals surface area (Å²) >= 11 is 0. The summed E-state index contributed by atoms with van der Waals surface area (Å²) in [4.78, 5) is 35.3. The summed E-state index contributed by atoms with van der Waals surface area (Å²) in [6, 6.07) is 2.98. The van der Waals surface area contributed by atoms with Crippen molar-refractivity contribution in [2.75, 3.05) is 13.1 Å². The van der Waals surface area contributed by atoms with Gasteiger partial charge in [-0.05, 0) is 24.5 Å². The first kappa shape index (κ1) is 18.6. The number of nitrogens with one attached hydrogen (secondary N) is 1. The topological polar surface area (TPSA) is 101 Å². The number of hydrogen-bond acceptors (Lipinski definition) is 6. The molecule has 2 aromatic rings.